The molecule has 0 N–H and O–H groups in total. The third kappa shape index (κ3) is 3.68. The second-order valence-electron chi connectivity index (χ2n) is 4.40. The van der Waals surface area contributed by atoms with Crippen molar-refractivity contribution in [3.63, 3.8) is 0 Å². The van der Waals surface area contributed by atoms with E-state index in [-0.39, 0.29) is 5.78 Å². The average Bonchev–Trinajstić information content (AvgIpc) is 2.83. The SMILES string of the molecule is CCOc1ccc(C(=O)CCc2cnn(C)c2)cc1. The van der Waals surface area contributed by atoms with Gasteiger partial charge in [0.2, 0.25) is 0 Å². The lowest BCUT2D eigenvalue weighted by molar-refractivity contribution is 0.0983. The molecule has 0 atom stereocenters. The van der Waals surface area contributed by atoms with Crippen LogP contribution in [0, 0.1) is 0 Å². The third-order valence-electron chi connectivity index (χ3n) is 2.89. The summed E-state index contributed by atoms with van der Waals surface area (Å²) in [7, 11) is 1.87. The van der Waals surface area contributed by atoms with E-state index in [0.29, 0.717) is 13.0 Å². The Kier molecular flexibility index (Phi) is 4.34. The molecule has 0 amide bonds. The lowest BCUT2D eigenvalue weighted by Crippen LogP contribution is -2.01. The van der Waals surface area contributed by atoms with Gasteiger partial charge in [-0.05, 0) is 43.2 Å². The quantitative estimate of drug-likeness (QED) is 0.748. The zero-order chi connectivity index (χ0) is 13.7. The summed E-state index contributed by atoms with van der Waals surface area (Å²) in [5, 5.41) is 4.09. The van der Waals surface area contributed by atoms with Crippen molar-refractivity contribution in [2.45, 2.75) is 19.8 Å². The van der Waals surface area contributed by atoms with Crippen molar-refractivity contribution in [1.29, 1.82) is 0 Å². The number of benzene rings is 1. The van der Waals surface area contributed by atoms with E-state index in [9.17, 15) is 4.79 Å². The number of nitrogens with zero attached hydrogens (tertiary/aromatic N) is 2. The molecule has 0 aliphatic rings. The Balaban J connectivity index is 1.92. The third-order valence-corrected chi connectivity index (χ3v) is 2.89. The Hall–Kier alpha value is -2.10. The van der Waals surface area contributed by atoms with Crippen LogP contribution in [0.5, 0.6) is 5.75 Å². The average molecular weight is 258 g/mol. The molecule has 100 valence electrons. The molecule has 19 heavy (non-hydrogen) atoms. The lowest BCUT2D eigenvalue weighted by atomic mass is 10.0. The Morgan fingerprint density at radius 1 is 1.32 bits per heavy atom. The number of aromatic nitrogens is 2. The van der Waals surface area contributed by atoms with Gasteiger partial charge in [0.05, 0.1) is 12.8 Å². The van der Waals surface area contributed by atoms with Crippen LogP contribution < -0.4 is 4.74 Å². The van der Waals surface area contributed by atoms with Gasteiger partial charge in [0, 0.05) is 25.2 Å². The summed E-state index contributed by atoms with van der Waals surface area (Å²) < 4.78 is 7.10. The van der Waals surface area contributed by atoms with Crippen molar-refractivity contribution in [2.24, 2.45) is 7.05 Å². The van der Waals surface area contributed by atoms with Crippen molar-refractivity contribution < 1.29 is 9.53 Å². The topological polar surface area (TPSA) is 44.1 Å². The number of hydrogen-bond acceptors (Lipinski definition) is 3. The Labute approximate surface area is 113 Å². The highest BCUT2D eigenvalue weighted by Crippen LogP contribution is 2.14. The van der Waals surface area contributed by atoms with E-state index in [1.165, 1.54) is 0 Å². The number of aryl methyl sites for hydroxylation is 2. The normalized spacial score (nSPS) is 10.4. The van der Waals surface area contributed by atoms with Crippen LogP contribution in [0.3, 0.4) is 0 Å². The second kappa shape index (κ2) is 6.18. The summed E-state index contributed by atoms with van der Waals surface area (Å²) in [5.41, 5.74) is 1.81. The van der Waals surface area contributed by atoms with Gasteiger partial charge in [0.15, 0.2) is 5.78 Å². The molecular weight excluding hydrogens is 240 g/mol. The van der Waals surface area contributed by atoms with Crippen molar-refractivity contribution >= 4 is 5.78 Å². The van der Waals surface area contributed by atoms with E-state index < -0.39 is 0 Å². The molecule has 1 aromatic heterocycles. The first kappa shape index (κ1) is 13.3. The van der Waals surface area contributed by atoms with Crippen LogP contribution in [0.2, 0.25) is 0 Å². The van der Waals surface area contributed by atoms with Gasteiger partial charge in [-0.2, -0.15) is 5.10 Å². The first-order chi connectivity index (χ1) is 9.19. The Morgan fingerprint density at radius 3 is 2.63 bits per heavy atom. The van der Waals surface area contributed by atoms with Gasteiger partial charge in [-0.1, -0.05) is 0 Å². The highest BCUT2D eigenvalue weighted by Gasteiger charge is 2.07. The molecule has 2 rings (SSSR count). The molecule has 1 aromatic carbocycles. The summed E-state index contributed by atoms with van der Waals surface area (Å²) >= 11 is 0. The van der Waals surface area contributed by atoms with Gasteiger partial charge in [-0.25, -0.2) is 0 Å². The number of ether oxygens (including phenoxy) is 1. The fraction of sp³-hybridized carbons (Fsp3) is 0.333. The van der Waals surface area contributed by atoms with Gasteiger partial charge >= 0.3 is 0 Å². The predicted octanol–water partition coefficient (Wildman–Crippen LogP) is 2.63. The standard InChI is InChI=1S/C15H18N2O2/c1-3-19-14-7-5-13(6-8-14)15(18)9-4-12-10-16-17(2)11-12/h5-8,10-11H,3-4,9H2,1-2H3. The summed E-state index contributed by atoms with van der Waals surface area (Å²) in [6.45, 7) is 2.57. The Bertz CT molecular complexity index is 544. The zero-order valence-electron chi connectivity index (χ0n) is 11.3. The van der Waals surface area contributed by atoms with E-state index in [1.807, 2.05) is 44.4 Å². The maximum Gasteiger partial charge on any atom is 0.163 e. The van der Waals surface area contributed by atoms with Gasteiger partial charge in [0.25, 0.3) is 0 Å². The number of ketones is 1. The van der Waals surface area contributed by atoms with E-state index in [0.717, 1.165) is 23.3 Å². The first-order valence-corrected chi connectivity index (χ1v) is 6.42. The molecule has 1 heterocycles. The van der Waals surface area contributed by atoms with Gasteiger partial charge in [-0.3, -0.25) is 9.48 Å². The van der Waals surface area contributed by atoms with E-state index >= 15 is 0 Å². The number of carbonyl (C=O) groups excluding carboxylic acids is 1. The number of Topliss-reactive ketones (excluding diaryl/α,β-unsaturated/α-hetero) is 1. The number of carbonyl (C=O) groups is 1. The van der Waals surface area contributed by atoms with Crippen LogP contribution in [-0.4, -0.2) is 22.2 Å². The van der Waals surface area contributed by atoms with Crippen molar-refractivity contribution in [3.8, 4) is 5.75 Å². The highest BCUT2D eigenvalue weighted by atomic mass is 16.5. The monoisotopic (exact) mass is 258 g/mol. The van der Waals surface area contributed by atoms with Crippen LogP contribution in [-0.2, 0) is 13.5 Å². The van der Waals surface area contributed by atoms with Gasteiger partial charge in [0.1, 0.15) is 5.75 Å². The summed E-state index contributed by atoms with van der Waals surface area (Å²) in [4.78, 5) is 12.0. The highest BCUT2D eigenvalue weighted by molar-refractivity contribution is 5.96. The molecule has 0 fully saturated rings. The second-order valence-corrected chi connectivity index (χ2v) is 4.40. The zero-order valence-corrected chi connectivity index (χ0v) is 11.3. The summed E-state index contributed by atoms with van der Waals surface area (Å²) in [5.74, 6) is 0.943. The molecule has 0 spiro atoms. The smallest absolute Gasteiger partial charge is 0.163 e. The molecule has 0 aliphatic carbocycles. The van der Waals surface area contributed by atoms with E-state index in [4.69, 9.17) is 4.74 Å². The van der Waals surface area contributed by atoms with Crippen LogP contribution in [0.25, 0.3) is 0 Å². The number of rotatable bonds is 6. The molecule has 4 heteroatoms. The van der Waals surface area contributed by atoms with Crippen molar-refractivity contribution in [1.82, 2.24) is 9.78 Å². The van der Waals surface area contributed by atoms with Crippen LogP contribution in [0.1, 0.15) is 29.3 Å². The minimum atomic E-state index is 0.145. The summed E-state index contributed by atoms with van der Waals surface area (Å²) in [6, 6.07) is 7.30. The molecule has 0 aliphatic heterocycles. The van der Waals surface area contributed by atoms with Gasteiger partial charge in [-0.15, -0.1) is 0 Å². The Morgan fingerprint density at radius 2 is 2.05 bits per heavy atom. The maximum absolute atomic E-state index is 12.0. The van der Waals surface area contributed by atoms with Crippen LogP contribution in [0.4, 0.5) is 0 Å². The molecule has 2 aromatic rings. The minimum Gasteiger partial charge on any atom is -0.494 e. The molecular formula is C15H18N2O2. The van der Waals surface area contributed by atoms with Crippen LogP contribution >= 0.6 is 0 Å². The van der Waals surface area contributed by atoms with E-state index in [1.54, 1.807) is 10.9 Å². The van der Waals surface area contributed by atoms with Crippen molar-refractivity contribution in [2.75, 3.05) is 6.61 Å². The molecule has 4 nitrogen and oxygen atoms in total. The molecule has 0 saturated carbocycles. The van der Waals surface area contributed by atoms with Gasteiger partial charge < -0.3 is 4.74 Å². The predicted molar refractivity (Wildman–Crippen MR) is 73.5 cm³/mol. The van der Waals surface area contributed by atoms with Crippen LogP contribution in [0.15, 0.2) is 36.7 Å². The molecule has 0 radical (unpaired) electrons. The molecule has 0 saturated heterocycles. The maximum atomic E-state index is 12.0. The minimum absolute atomic E-state index is 0.145. The van der Waals surface area contributed by atoms with Crippen molar-refractivity contribution in [3.05, 3.63) is 47.8 Å². The lowest BCUT2D eigenvalue weighted by Gasteiger charge is -2.04. The fourth-order valence-electron chi connectivity index (χ4n) is 1.91. The molecule has 0 bridgehead atoms. The largest absolute Gasteiger partial charge is 0.494 e. The van der Waals surface area contributed by atoms with E-state index in [2.05, 4.69) is 5.10 Å². The summed E-state index contributed by atoms with van der Waals surface area (Å²) in [6.07, 6.45) is 4.95. The first-order valence-electron chi connectivity index (χ1n) is 6.42. The molecule has 0 unspecified atom stereocenters. The fourth-order valence-corrected chi connectivity index (χ4v) is 1.91. The number of hydrogen-bond donors (Lipinski definition) is 0.